The lowest BCUT2D eigenvalue weighted by Crippen LogP contribution is -2.38. The Bertz CT molecular complexity index is 1210. The minimum atomic E-state index is -0.704. The summed E-state index contributed by atoms with van der Waals surface area (Å²) in [5.41, 5.74) is 13.8. The molecule has 2 amide bonds. The second-order valence-electron chi connectivity index (χ2n) is 8.29. The fraction of sp³-hybridized carbons (Fsp3) is 0.308. The number of carbonyl (C=O) groups is 2. The van der Waals surface area contributed by atoms with Crippen molar-refractivity contribution in [1.82, 2.24) is 20.2 Å². The van der Waals surface area contributed by atoms with Crippen molar-refractivity contribution in [3.63, 3.8) is 0 Å². The molecule has 36 heavy (non-hydrogen) atoms. The van der Waals surface area contributed by atoms with Crippen LogP contribution in [0.4, 0.5) is 0 Å². The molecular weight excluding hydrogens is 460 g/mol. The average Bonchev–Trinajstić information content (AvgIpc) is 2.92. The first-order chi connectivity index (χ1) is 17.5. The van der Waals surface area contributed by atoms with Gasteiger partial charge in [0.2, 0.25) is 0 Å². The van der Waals surface area contributed by atoms with Crippen LogP contribution in [0, 0.1) is 0 Å². The van der Waals surface area contributed by atoms with Crippen LogP contribution in [0.25, 0.3) is 11.3 Å². The van der Waals surface area contributed by atoms with Crippen LogP contribution in [-0.4, -0.2) is 66.1 Å². The van der Waals surface area contributed by atoms with Gasteiger partial charge in [-0.05, 0) is 18.2 Å². The highest BCUT2D eigenvalue weighted by Gasteiger charge is 2.15. The van der Waals surface area contributed by atoms with Crippen molar-refractivity contribution in [2.75, 3.05) is 39.5 Å². The highest BCUT2D eigenvalue weighted by Crippen LogP contribution is 2.21. The summed E-state index contributed by atoms with van der Waals surface area (Å²) >= 11 is 0. The molecule has 4 rings (SSSR count). The Morgan fingerprint density at radius 1 is 1.11 bits per heavy atom. The lowest BCUT2D eigenvalue weighted by atomic mass is 10.1. The minimum Gasteiger partial charge on any atom is -0.492 e. The third-order valence-corrected chi connectivity index (χ3v) is 5.88. The number of ether oxygens (including phenoxy) is 2. The fourth-order valence-electron chi connectivity index (χ4n) is 3.90. The number of morpholine rings is 1. The van der Waals surface area contributed by atoms with E-state index in [9.17, 15) is 9.59 Å². The lowest BCUT2D eigenvalue weighted by molar-refractivity contribution is 0.0322. The smallest absolute Gasteiger partial charge is 0.269 e. The molecule has 1 aliphatic heterocycles. The van der Waals surface area contributed by atoms with Crippen LogP contribution in [-0.2, 0) is 17.8 Å². The molecule has 0 saturated carbocycles. The van der Waals surface area contributed by atoms with Gasteiger partial charge in [0, 0.05) is 49.4 Å². The number of hydrogen-bond acceptors (Lipinski definition) is 8. The van der Waals surface area contributed by atoms with E-state index < -0.39 is 5.91 Å². The van der Waals surface area contributed by atoms with Crippen molar-refractivity contribution in [2.45, 2.75) is 13.1 Å². The molecule has 0 unspecified atom stereocenters. The van der Waals surface area contributed by atoms with Crippen molar-refractivity contribution in [2.24, 2.45) is 11.5 Å². The molecule has 0 bridgehead atoms. The molecule has 0 radical (unpaired) electrons. The second kappa shape index (κ2) is 12.2. The van der Waals surface area contributed by atoms with Crippen molar-refractivity contribution in [1.29, 1.82) is 0 Å². The van der Waals surface area contributed by atoms with E-state index in [1.165, 1.54) is 6.20 Å². The summed E-state index contributed by atoms with van der Waals surface area (Å²) in [5, 5.41) is 2.95. The first kappa shape index (κ1) is 25.2. The summed E-state index contributed by atoms with van der Waals surface area (Å²) in [6.45, 7) is 5.07. The first-order valence-corrected chi connectivity index (χ1v) is 11.8. The van der Waals surface area contributed by atoms with E-state index in [2.05, 4.69) is 20.2 Å². The monoisotopic (exact) mass is 490 g/mol. The topological polar surface area (TPSA) is 146 Å². The van der Waals surface area contributed by atoms with Gasteiger partial charge in [-0.1, -0.05) is 30.3 Å². The van der Waals surface area contributed by atoms with E-state index in [-0.39, 0.29) is 18.1 Å². The van der Waals surface area contributed by atoms with Crippen LogP contribution >= 0.6 is 0 Å². The number of amides is 2. The predicted octanol–water partition coefficient (Wildman–Crippen LogP) is 1.34. The molecule has 188 valence electrons. The van der Waals surface area contributed by atoms with E-state index in [1.807, 2.05) is 24.3 Å². The Morgan fingerprint density at radius 3 is 2.69 bits per heavy atom. The first-order valence-electron chi connectivity index (χ1n) is 11.8. The van der Waals surface area contributed by atoms with Crippen molar-refractivity contribution < 1.29 is 19.1 Å². The normalized spacial score (nSPS) is 13.8. The van der Waals surface area contributed by atoms with E-state index in [0.717, 1.165) is 44.2 Å². The summed E-state index contributed by atoms with van der Waals surface area (Å²) in [4.78, 5) is 35.4. The van der Waals surface area contributed by atoms with Gasteiger partial charge in [0.15, 0.2) is 5.69 Å². The van der Waals surface area contributed by atoms with Crippen LogP contribution in [0.5, 0.6) is 5.75 Å². The van der Waals surface area contributed by atoms with Crippen molar-refractivity contribution >= 4 is 11.8 Å². The summed E-state index contributed by atoms with van der Waals surface area (Å²) in [7, 11) is 0. The van der Waals surface area contributed by atoms with E-state index in [4.69, 9.17) is 20.9 Å². The number of carbonyl (C=O) groups excluding carboxylic acids is 2. The third-order valence-electron chi connectivity index (χ3n) is 5.88. The summed E-state index contributed by atoms with van der Waals surface area (Å²) in [6.07, 6.45) is 1.51. The number of nitrogens with two attached hydrogens (primary N) is 2. The molecule has 5 N–H and O–H groups in total. The Morgan fingerprint density at radius 2 is 1.92 bits per heavy atom. The number of hydrogen-bond donors (Lipinski definition) is 3. The highest BCUT2D eigenvalue weighted by molar-refractivity contribution is 5.95. The second-order valence-corrected chi connectivity index (χ2v) is 8.29. The van der Waals surface area contributed by atoms with Gasteiger partial charge in [-0.3, -0.25) is 19.5 Å². The van der Waals surface area contributed by atoms with Gasteiger partial charge in [-0.2, -0.15) is 0 Å². The van der Waals surface area contributed by atoms with Gasteiger partial charge < -0.3 is 26.3 Å². The molecule has 2 aromatic carbocycles. The van der Waals surface area contributed by atoms with Gasteiger partial charge >= 0.3 is 0 Å². The Kier molecular flexibility index (Phi) is 8.56. The number of nitrogens with zero attached hydrogens (tertiary/aromatic N) is 3. The molecular formula is C26H30N6O4. The largest absolute Gasteiger partial charge is 0.492 e. The van der Waals surface area contributed by atoms with Crippen LogP contribution in [0.1, 0.15) is 32.1 Å². The summed E-state index contributed by atoms with van der Waals surface area (Å²) in [6, 6.07) is 14.6. The average molecular weight is 491 g/mol. The Hall–Kier alpha value is -3.86. The van der Waals surface area contributed by atoms with E-state index in [1.54, 1.807) is 24.3 Å². The SMILES string of the molecule is NCc1ncc(-c2cccc(C(=O)NCc3ccccc3OCCN3CCOCC3)c2)nc1C(N)=O. The molecule has 2 heterocycles. The standard InChI is InChI=1S/C26H30N6O4/c27-15-21-24(25(28)33)31-22(17-29-21)18-5-3-6-19(14-18)26(34)30-16-20-4-1-2-7-23(20)36-13-10-32-8-11-35-12-9-32/h1-7,14,17H,8-13,15-16,27H2,(H2,28,33)(H,30,34). The van der Waals surface area contributed by atoms with Crippen molar-refractivity contribution in [3.05, 3.63) is 77.2 Å². The molecule has 0 aliphatic carbocycles. The number of benzene rings is 2. The maximum atomic E-state index is 12.9. The van der Waals surface area contributed by atoms with E-state index in [0.29, 0.717) is 35.7 Å². The molecule has 1 aliphatic rings. The van der Waals surface area contributed by atoms with Gasteiger partial charge in [0.1, 0.15) is 12.4 Å². The zero-order chi connectivity index (χ0) is 25.3. The van der Waals surface area contributed by atoms with Crippen LogP contribution in [0.15, 0.2) is 54.7 Å². The maximum absolute atomic E-state index is 12.9. The molecule has 3 aromatic rings. The van der Waals surface area contributed by atoms with Gasteiger partial charge in [-0.25, -0.2) is 4.98 Å². The molecule has 0 spiro atoms. The minimum absolute atomic E-state index is 0.0232. The molecule has 1 aromatic heterocycles. The van der Waals surface area contributed by atoms with Crippen molar-refractivity contribution in [3.8, 4) is 17.0 Å². The van der Waals surface area contributed by atoms with Gasteiger partial charge in [0.25, 0.3) is 11.8 Å². The fourth-order valence-corrected chi connectivity index (χ4v) is 3.90. The van der Waals surface area contributed by atoms with E-state index >= 15 is 0 Å². The predicted molar refractivity (Wildman–Crippen MR) is 134 cm³/mol. The molecule has 0 atom stereocenters. The van der Waals surface area contributed by atoms with Crippen LogP contribution in [0.2, 0.25) is 0 Å². The molecule has 10 nitrogen and oxygen atoms in total. The Balaban J connectivity index is 1.39. The number of primary amides is 1. The third kappa shape index (κ3) is 6.42. The van der Waals surface area contributed by atoms with Gasteiger partial charge in [-0.15, -0.1) is 0 Å². The number of rotatable bonds is 10. The Labute approximate surface area is 209 Å². The number of para-hydroxylation sites is 1. The molecule has 10 heteroatoms. The van der Waals surface area contributed by atoms with Crippen LogP contribution in [0.3, 0.4) is 0 Å². The maximum Gasteiger partial charge on any atom is 0.269 e. The zero-order valence-corrected chi connectivity index (χ0v) is 20.0. The zero-order valence-electron chi connectivity index (χ0n) is 20.0. The molecule has 1 saturated heterocycles. The quantitative estimate of drug-likeness (QED) is 0.386. The van der Waals surface area contributed by atoms with Gasteiger partial charge in [0.05, 0.1) is 30.8 Å². The number of nitrogens with one attached hydrogen (secondary N) is 1. The summed E-state index contributed by atoms with van der Waals surface area (Å²) < 4.78 is 11.4. The summed E-state index contributed by atoms with van der Waals surface area (Å²) in [5.74, 6) is -0.208. The highest BCUT2D eigenvalue weighted by atomic mass is 16.5. The molecule has 1 fully saturated rings. The lowest BCUT2D eigenvalue weighted by Gasteiger charge is -2.26. The number of aromatic nitrogens is 2. The van der Waals surface area contributed by atoms with Crippen LogP contribution < -0.4 is 21.5 Å².